The maximum absolute atomic E-state index is 10.8. The fourth-order valence-corrected chi connectivity index (χ4v) is 3.71. The molecule has 0 aliphatic rings. The molecule has 4 rings (SSSR count). The quantitative estimate of drug-likeness (QED) is 0.255. The molecule has 0 radical (unpaired) electrons. The zero-order chi connectivity index (χ0) is 20.4. The van der Waals surface area contributed by atoms with Gasteiger partial charge >= 0.3 is 0 Å². The van der Waals surface area contributed by atoms with Crippen LogP contribution in [-0.4, -0.2) is 24.7 Å². The molecule has 0 spiro atoms. The zero-order valence-corrected chi connectivity index (χ0v) is 16.5. The van der Waals surface area contributed by atoms with Crippen molar-refractivity contribution in [1.82, 2.24) is 19.7 Å². The third kappa shape index (κ3) is 3.90. The van der Waals surface area contributed by atoms with Crippen molar-refractivity contribution in [2.75, 3.05) is 0 Å². The molecule has 1 unspecified atom stereocenters. The Morgan fingerprint density at radius 1 is 1.07 bits per heavy atom. The molecule has 0 bridgehead atoms. The van der Waals surface area contributed by atoms with E-state index in [9.17, 15) is 10.1 Å². The minimum Gasteiger partial charge on any atom is -0.419 e. The second-order valence-electron chi connectivity index (χ2n) is 6.36. The van der Waals surface area contributed by atoms with Gasteiger partial charge in [-0.25, -0.2) is 4.98 Å². The number of thioether (sulfide) groups is 1. The van der Waals surface area contributed by atoms with Gasteiger partial charge in [-0.3, -0.25) is 10.1 Å². The van der Waals surface area contributed by atoms with Gasteiger partial charge in [0.1, 0.15) is 0 Å². The molecule has 146 valence electrons. The molecule has 4 aromatic rings. The number of non-ortho nitro benzene ring substituents is 1. The summed E-state index contributed by atoms with van der Waals surface area (Å²) in [4.78, 5) is 14.9. The fraction of sp³-hybridized carbons (Fsp3) is 0.150. The number of hydrogen-bond acceptors (Lipinski definition) is 7. The maximum atomic E-state index is 10.8. The summed E-state index contributed by atoms with van der Waals surface area (Å²) >= 11 is 1.52. The average molecular weight is 407 g/mol. The highest BCUT2D eigenvalue weighted by atomic mass is 32.2. The van der Waals surface area contributed by atoms with Crippen LogP contribution >= 0.6 is 11.8 Å². The number of nitro benzene ring substituents is 1. The van der Waals surface area contributed by atoms with E-state index in [0.29, 0.717) is 17.3 Å². The monoisotopic (exact) mass is 407 g/mol. The van der Waals surface area contributed by atoms with Crippen LogP contribution in [0.25, 0.3) is 22.7 Å². The Balaban J connectivity index is 1.51. The maximum Gasteiger partial charge on any atom is 0.269 e. The van der Waals surface area contributed by atoms with Crippen LogP contribution in [0, 0.1) is 10.1 Å². The van der Waals surface area contributed by atoms with Gasteiger partial charge in [0.2, 0.25) is 11.8 Å². The predicted octanol–water partition coefficient (Wildman–Crippen LogP) is 4.90. The Morgan fingerprint density at radius 3 is 2.48 bits per heavy atom. The first-order chi connectivity index (χ1) is 14.0. The van der Waals surface area contributed by atoms with Gasteiger partial charge in [0.15, 0.2) is 5.16 Å². The van der Waals surface area contributed by atoms with Gasteiger partial charge in [-0.1, -0.05) is 42.1 Å². The first-order valence-electron chi connectivity index (χ1n) is 8.85. The highest BCUT2D eigenvalue weighted by Crippen LogP contribution is 2.36. The van der Waals surface area contributed by atoms with E-state index in [1.54, 1.807) is 12.1 Å². The summed E-state index contributed by atoms with van der Waals surface area (Å²) in [6, 6.07) is 16.1. The van der Waals surface area contributed by atoms with Crippen molar-refractivity contribution in [1.29, 1.82) is 0 Å². The van der Waals surface area contributed by atoms with Crippen molar-refractivity contribution in [2.45, 2.75) is 17.3 Å². The lowest BCUT2D eigenvalue weighted by Gasteiger charge is -2.08. The van der Waals surface area contributed by atoms with Crippen LogP contribution in [0.3, 0.4) is 0 Å². The van der Waals surface area contributed by atoms with Crippen molar-refractivity contribution in [3.05, 3.63) is 76.8 Å². The number of nitrogens with zero attached hydrogens (tertiary/aromatic N) is 5. The molecule has 29 heavy (non-hydrogen) atoms. The van der Waals surface area contributed by atoms with Gasteiger partial charge in [0.25, 0.3) is 5.69 Å². The Labute approximate surface area is 170 Å². The van der Waals surface area contributed by atoms with Crippen molar-refractivity contribution < 1.29 is 9.34 Å². The largest absolute Gasteiger partial charge is 0.419 e. The van der Waals surface area contributed by atoms with E-state index in [1.807, 2.05) is 55.1 Å². The highest BCUT2D eigenvalue weighted by molar-refractivity contribution is 7.99. The molecule has 8 nitrogen and oxygen atoms in total. The van der Waals surface area contributed by atoms with Gasteiger partial charge in [0, 0.05) is 24.7 Å². The highest BCUT2D eigenvalue weighted by Gasteiger charge is 2.20. The van der Waals surface area contributed by atoms with Crippen LogP contribution in [0.1, 0.15) is 18.1 Å². The second-order valence-corrected chi connectivity index (χ2v) is 7.67. The Hall–Kier alpha value is -3.46. The normalized spacial score (nSPS) is 12.1. The third-order valence-electron chi connectivity index (χ3n) is 4.41. The summed E-state index contributed by atoms with van der Waals surface area (Å²) in [5, 5.41) is 19.7. The molecular weight excluding hydrogens is 390 g/mol. The SMILES string of the molecule is CC(Sc1ncc(-c2ccccc2)n1C)c1nnc(-c2ccc([N+](=O)[O-])cc2)o1. The van der Waals surface area contributed by atoms with Crippen LogP contribution in [0.2, 0.25) is 0 Å². The third-order valence-corrected chi connectivity index (χ3v) is 5.56. The van der Waals surface area contributed by atoms with Crippen molar-refractivity contribution >= 4 is 17.4 Å². The van der Waals surface area contributed by atoms with Crippen molar-refractivity contribution in [3.63, 3.8) is 0 Å². The second kappa shape index (κ2) is 7.88. The summed E-state index contributed by atoms with van der Waals surface area (Å²) < 4.78 is 7.82. The molecule has 0 saturated heterocycles. The molecule has 0 aliphatic heterocycles. The molecule has 2 aromatic heterocycles. The van der Waals surface area contributed by atoms with Crippen LogP contribution in [0.15, 0.2) is 70.4 Å². The fourth-order valence-electron chi connectivity index (χ4n) is 2.83. The first kappa shape index (κ1) is 18.9. The number of aromatic nitrogens is 4. The lowest BCUT2D eigenvalue weighted by atomic mass is 10.2. The first-order valence-corrected chi connectivity index (χ1v) is 9.73. The molecule has 0 saturated carbocycles. The van der Waals surface area contributed by atoms with Gasteiger partial charge in [-0.15, -0.1) is 10.2 Å². The summed E-state index contributed by atoms with van der Waals surface area (Å²) in [7, 11) is 1.97. The van der Waals surface area contributed by atoms with Crippen LogP contribution < -0.4 is 0 Å². The van der Waals surface area contributed by atoms with E-state index in [2.05, 4.69) is 15.2 Å². The van der Waals surface area contributed by atoms with E-state index >= 15 is 0 Å². The average Bonchev–Trinajstić information content (AvgIpc) is 3.37. The lowest BCUT2D eigenvalue weighted by Crippen LogP contribution is -1.96. The van der Waals surface area contributed by atoms with Gasteiger partial charge in [-0.2, -0.15) is 0 Å². The molecule has 0 amide bonds. The number of nitro groups is 1. The summed E-state index contributed by atoms with van der Waals surface area (Å²) in [6.07, 6.45) is 1.85. The molecule has 0 fully saturated rings. The standard InChI is InChI=1S/C20H17N5O3S/c1-13(29-20-21-12-17(24(20)2)14-6-4-3-5-7-14)18-22-23-19(28-18)15-8-10-16(11-9-15)25(26)27/h3-13H,1-2H3. The Morgan fingerprint density at radius 2 is 1.79 bits per heavy atom. The zero-order valence-electron chi connectivity index (χ0n) is 15.7. The number of hydrogen-bond donors (Lipinski definition) is 0. The topological polar surface area (TPSA) is 99.9 Å². The van der Waals surface area contributed by atoms with E-state index in [1.165, 1.54) is 23.9 Å². The van der Waals surface area contributed by atoms with Gasteiger partial charge < -0.3 is 8.98 Å². The summed E-state index contributed by atoms with van der Waals surface area (Å²) in [6.45, 7) is 1.97. The van der Waals surface area contributed by atoms with Crippen molar-refractivity contribution in [3.8, 4) is 22.7 Å². The van der Waals surface area contributed by atoms with Gasteiger partial charge in [-0.05, 0) is 24.6 Å². The molecule has 1 atom stereocenters. The molecule has 0 N–H and O–H groups in total. The lowest BCUT2D eigenvalue weighted by molar-refractivity contribution is -0.384. The van der Waals surface area contributed by atoms with Crippen LogP contribution in [0.4, 0.5) is 5.69 Å². The molecule has 2 heterocycles. The Bertz CT molecular complexity index is 1140. The number of benzene rings is 2. The minimum absolute atomic E-state index is 0.0152. The van der Waals surface area contributed by atoms with Crippen molar-refractivity contribution in [2.24, 2.45) is 7.05 Å². The minimum atomic E-state index is -0.446. The van der Waals surface area contributed by atoms with E-state index in [-0.39, 0.29) is 10.9 Å². The van der Waals surface area contributed by atoms with Gasteiger partial charge in [0.05, 0.1) is 22.1 Å². The summed E-state index contributed by atoms with van der Waals surface area (Å²) in [5.74, 6) is 0.791. The molecule has 9 heteroatoms. The smallest absolute Gasteiger partial charge is 0.269 e. The van der Waals surface area contributed by atoms with E-state index < -0.39 is 4.92 Å². The number of imidazole rings is 1. The molecular formula is C20H17N5O3S. The molecule has 2 aromatic carbocycles. The van der Waals surface area contributed by atoms with E-state index in [4.69, 9.17) is 4.42 Å². The Kier molecular flexibility index (Phi) is 5.13. The predicted molar refractivity (Wildman–Crippen MR) is 109 cm³/mol. The summed E-state index contributed by atoms with van der Waals surface area (Å²) in [5.41, 5.74) is 2.77. The van der Waals surface area contributed by atoms with E-state index in [0.717, 1.165) is 16.4 Å². The number of rotatable bonds is 6. The van der Waals surface area contributed by atoms with Crippen LogP contribution in [-0.2, 0) is 7.05 Å². The van der Waals surface area contributed by atoms with Crippen LogP contribution in [0.5, 0.6) is 0 Å². The molecule has 0 aliphatic carbocycles.